The largest absolute Gasteiger partial charge is 0.298 e. The van der Waals surface area contributed by atoms with Crippen LogP contribution in [0.25, 0.3) is 0 Å². The zero-order chi connectivity index (χ0) is 9.71. The van der Waals surface area contributed by atoms with Gasteiger partial charge in [0.25, 0.3) is 0 Å². The van der Waals surface area contributed by atoms with Crippen LogP contribution in [0.5, 0.6) is 0 Å². The van der Waals surface area contributed by atoms with Gasteiger partial charge in [-0.2, -0.15) is 0 Å². The molecule has 1 fully saturated rings. The first-order chi connectivity index (χ1) is 6.79. The minimum Gasteiger partial charge on any atom is -0.298 e. The standard InChI is InChI=1S/C12H11BrO/c13-12-5-11-8-2-1-7(3-8)10(11)4-9(12)6-14/h4-8H,1-3H2/t7-,8-/m0/s1. The summed E-state index contributed by atoms with van der Waals surface area (Å²) in [7, 11) is 0. The van der Waals surface area contributed by atoms with E-state index in [0.717, 1.165) is 28.2 Å². The second-order valence-electron chi connectivity index (χ2n) is 4.33. The average Bonchev–Trinajstić information content (AvgIpc) is 2.77. The molecule has 2 aliphatic rings. The Balaban J connectivity index is 2.20. The first-order valence-electron chi connectivity index (χ1n) is 5.08. The van der Waals surface area contributed by atoms with E-state index in [1.807, 2.05) is 0 Å². The molecule has 0 spiro atoms. The maximum atomic E-state index is 10.8. The Morgan fingerprint density at radius 1 is 1.21 bits per heavy atom. The summed E-state index contributed by atoms with van der Waals surface area (Å²) >= 11 is 3.45. The van der Waals surface area contributed by atoms with Crippen molar-refractivity contribution in [3.8, 4) is 0 Å². The minimum atomic E-state index is 0.738. The Morgan fingerprint density at radius 2 is 1.86 bits per heavy atom. The van der Waals surface area contributed by atoms with Crippen LogP contribution in [0.3, 0.4) is 0 Å². The summed E-state index contributed by atoms with van der Waals surface area (Å²) in [5.74, 6) is 1.51. The van der Waals surface area contributed by atoms with Gasteiger partial charge in [0, 0.05) is 10.0 Å². The molecular weight excluding hydrogens is 240 g/mol. The van der Waals surface area contributed by atoms with Crippen LogP contribution in [-0.4, -0.2) is 6.29 Å². The van der Waals surface area contributed by atoms with E-state index in [4.69, 9.17) is 0 Å². The van der Waals surface area contributed by atoms with Gasteiger partial charge in [-0.15, -0.1) is 0 Å². The number of fused-ring (bicyclic) bond motifs is 5. The highest BCUT2D eigenvalue weighted by atomic mass is 79.9. The highest BCUT2D eigenvalue weighted by Crippen LogP contribution is 2.53. The monoisotopic (exact) mass is 250 g/mol. The molecule has 3 rings (SSSR count). The van der Waals surface area contributed by atoms with Crippen molar-refractivity contribution >= 4 is 22.2 Å². The molecule has 0 aliphatic heterocycles. The highest BCUT2D eigenvalue weighted by Gasteiger charge is 2.37. The van der Waals surface area contributed by atoms with Crippen molar-refractivity contribution in [2.75, 3.05) is 0 Å². The molecule has 0 amide bonds. The summed E-state index contributed by atoms with van der Waals surface area (Å²) in [6.07, 6.45) is 4.91. The molecule has 1 aromatic carbocycles. The van der Waals surface area contributed by atoms with Gasteiger partial charge in [-0.3, -0.25) is 4.79 Å². The lowest BCUT2D eigenvalue weighted by Gasteiger charge is -2.15. The van der Waals surface area contributed by atoms with E-state index in [-0.39, 0.29) is 0 Å². The van der Waals surface area contributed by atoms with Crippen molar-refractivity contribution < 1.29 is 4.79 Å². The van der Waals surface area contributed by atoms with Gasteiger partial charge >= 0.3 is 0 Å². The number of benzene rings is 1. The predicted molar refractivity (Wildman–Crippen MR) is 58.9 cm³/mol. The normalized spacial score (nSPS) is 27.8. The SMILES string of the molecule is O=Cc1cc2c(cc1Br)[C@H]1CC[C@H]2C1. The lowest BCUT2D eigenvalue weighted by molar-refractivity contribution is 0.112. The fraction of sp³-hybridized carbons (Fsp3) is 0.417. The van der Waals surface area contributed by atoms with E-state index < -0.39 is 0 Å². The topological polar surface area (TPSA) is 17.1 Å². The Kier molecular flexibility index (Phi) is 1.81. The lowest BCUT2D eigenvalue weighted by Crippen LogP contribution is -1.99. The number of hydrogen-bond acceptors (Lipinski definition) is 1. The van der Waals surface area contributed by atoms with Crippen molar-refractivity contribution in [3.63, 3.8) is 0 Å². The smallest absolute Gasteiger partial charge is 0.151 e. The Bertz CT molecular complexity index is 411. The molecule has 0 N–H and O–H groups in total. The van der Waals surface area contributed by atoms with Crippen LogP contribution in [-0.2, 0) is 0 Å². The quantitative estimate of drug-likeness (QED) is 0.696. The van der Waals surface area contributed by atoms with E-state index >= 15 is 0 Å². The van der Waals surface area contributed by atoms with Gasteiger partial charge in [0.15, 0.2) is 6.29 Å². The van der Waals surface area contributed by atoms with Crippen molar-refractivity contribution in [3.05, 3.63) is 33.3 Å². The third kappa shape index (κ3) is 1.04. The molecule has 0 saturated heterocycles. The second kappa shape index (κ2) is 2.93. The predicted octanol–water partition coefficient (Wildman–Crippen LogP) is 3.63. The number of halogens is 1. The maximum absolute atomic E-state index is 10.8. The summed E-state index contributed by atoms with van der Waals surface area (Å²) < 4.78 is 0.957. The van der Waals surface area contributed by atoms with Crippen LogP contribution in [0.15, 0.2) is 16.6 Å². The first-order valence-corrected chi connectivity index (χ1v) is 5.87. The van der Waals surface area contributed by atoms with Gasteiger partial charge in [0.2, 0.25) is 0 Å². The molecule has 2 atom stereocenters. The summed E-state index contributed by atoms with van der Waals surface area (Å²) in [6.45, 7) is 0. The zero-order valence-electron chi connectivity index (χ0n) is 7.79. The van der Waals surface area contributed by atoms with E-state index in [2.05, 4.69) is 28.1 Å². The molecule has 1 nitrogen and oxygen atoms in total. The molecule has 1 aromatic rings. The summed E-state index contributed by atoms with van der Waals surface area (Å²) in [6, 6.07) is 4.24. The van der Waals surface area contributed by atoms with Gasteiger partial charge in [-0.25, -0.2) is 0 Å². The molecule has 2 aliphatic carbocycles. The Labute approximate surface area is 91.6 Å². The molecule has 14 heavy (non-hydrogen) atoms. The van der Waals surface area contributed by atoms with Gasteiger partial charge in [0.1, 0.15) is 0 Å². The van der Waals surface area contributed by atoms with E-state index in [1.165, 1.54) is 30.4 Å². The van der Waals surface area contributed by atoms with Crippen LogP contribution in [0.4, 0.5) is 0 Å². The van der Waals surface area contributed by atoms with E-state index in [9.17, 15) is 4.79 Å². The van der Waals surface area contributed by atoms with Crippen molar-refractivity contribution in [2.24, 2.45) is 0 Å². The third-order valence-corrected chi connectivity index (χ3v) is 4.33. The molecule has 2 heteroatoms. The Morgan fingerprint density at radius 3 is 2.50 bits per heavy atom. The van der Waals surface area contributed by atoms with Gasteiger partial charge < -0.3 is 0 Å². The molecule has 0 unspecified atom stereocenters. The van der Waals surface area contributed by atoms with Crippen LogP contribution in [0, 0.1) is 0 Å². The van der Waals surface area contributed by atoms with Crippen LogP contribution in [0.1, 0.15) is 52.6 Å². The lowest BCUT2D eigenvalue weighted by atomic mass is 9.91. The third-order valence-electron chi connectivity index (χ3n) is 3.64. The summed E-state index contributed by atoms with van der Waals surface area (Å²) in [5, 5.41) is 0. The van der Waals surface area contributed by atoms with Gasteiger partial charge in [0.05, 0.1) is 0 Å². The molecule has 1 saturated carbocycles. The van der Waals surface area contributed by atoms with E-state index in [0.29, 0.717) is 0 Å². The van der Waals surface area contributed by atoms with Crippen molar-refractivity contribution in [1.29, 1.82) is 0 Å². The molecule has 0 aromatic heterocycles. The maximum Gasteiger partial charge on any atom is 0.151 e. The van der Waals surface area contributed by atoms with Crippen LogP contribution >= 0.6 is 15.9 Å². The van der Waals surface area contributed by atoms with Gasteiger partial charge in [-0.05, 0) is 54.4 Å². The molecule has 2 bridgehead atoms. The fourth-order valence-electron chi connectivity index (χ4n) is 2.97. The average molecular weight is 251 g/mol. The first kappa shape index (κ1) is 8.66. The summed E-state index contributed by atoms with van der Waals surface area (Å²) in [4.78, 5) is 10.8. The van der Waals surface area contributed by atoms with Gasteiger partial charge in [-0.1, -0.05) is 15.9 Å². The highest BCUT2D eigenvalue weighted by molar-refractivity contribution is 9.10. The zero-order valence-corrected chi connectivity index (χ0v) is 9.38. The van der Waals surface area contributed by atoms with E-state index in [1.54, 1.807) is 0 Å². The van der Waals surface area contributed by atoms with Crippen LogP contribution in [0.2, 0.25) is 0 Å². The molecular formula is C12H11BrO. The van der Waals surface area contributed by atoms with Crippen molar-refractivity contribution in [2.45, 2.75) is 31.1 Å². The Hall–Kier alpha value is -0.630. The number of rotatable bonds is 1. The minimum absolute atomic E-state index is 0.738. The molecule has 0 radical (unpaired) electrons. The molecule has 0 heterocycles. The number of aldehydes is 1. The fourth-order valence-corrected chi connectivity index (χ4v) is 3.42. The van der Waals surface area contributed by atoms with Crippen molar-refractivity contribution in [1.82, 2.24) is 0 Å². The summed E-state index contributed by atoms with van der Waals surface area (Å²) in [5.41, 5.74) is 3.72. The van der Waals surface area contributed by atoms with Crippen LogP contribution < -0.4 is 0 Å². The number of carbonyl (C=O) groups excluding carboxylic acids is 1. The number of hydrogen-bond donors (Lipinski definition) is 0. The second-order valence-corrected chi connectivity index (χ2v) is 5.18. The number of carbonyl (C=O) groups is 1. The molecule has 72 valence electrons.